The van der Waals surface area contributed by atoms with Gasteiger partial charge in [0.05, 0.1) is 5.56 Å². The van der Waals surface area contributed by atoms with E-state index in [1.54, 1.807) is 24.3 Å². The lowest BCUT2D eigenvalue weighted by atomic mass is 10.0. The third kappa shape index (κ3) is 4.12. The van der Waals surface area contributed by atoms with Crippen LogP contribution < -0.4 is 0 Å². The molecule has 0 aliphatic rings. The Kier molecular flexibility index (Phi) is 5.83. The first-order valence-electron chi connectivity index (χ1n) is 7.69. The lowest BCUT2D eigenvalue weighted by molar-refractivity contribution is -0.141. The van der Waals surface area contributed by atoms with Crippen molar-refractivity contribution in [3.05, 3.63) is 53.8 Å². The summed E-state index contributed by atoms with van der Waals surface area (Å²) in [7, 11) is 0.216. The number of hydrogen-bond acceptors (Lipinski definition) is 5. The quantitative estimate of drug-likeness (QED) is 0.776. The van der Waals surface area contributed by atoms with Crippen LogP contribution in [0.3, 0.4) is 0 Å². The minimum Gasteiger partial charge on any atom is -0.480 e. The Balaban J connectivity index is 2.24. The van der Waals surface area contributed by atoms with E-state index in [0.29, 0.717) is 0 Å². The molecule has 0 radical (unpaired) electrons. The fourth-order valence-electron chi connectivity index (χ4n) is 2.32. The third-order valence-corrected chi connectivity index (χ3v) is 5.59. The fourth-order valence-corrected chi connectivity index (χ4v) is 3.12. The summed E-state index contributed by atoms with van der Waals surface area (Å²) in [5.74, 6) is -1.80. The van der Waals surface area contributed by atoms with Crippen LogP contribution in [0.15, 0.2) is 52.2 Å². The van der Waals surface area contributed by atoms with Gasteiger partial charge in [0.15, 0.2) is 0 Å². The number of aliphatic carboxylic acids is 1. The molecule has 0 aliphatic heterocycles. The number of carbonyl (C=O) groups is 2. The number of hydrogen-bond donors (Lipinski definition) is 1. The molecule has 1 unspecified atom stereocenters. The van der Waals surface area contributed by atoms with Crippen LogP contribution in [0.25, 0.3) is 0 Å². The number of rotatable bonds is 7. The van der Waals surface area contributed by atoms with E-state index in [0.717, 1.165) is 27.1 Å². The largest absolute Gasteiger partial charge is 0.480 e. The van der Waals surface area contributed by atoms with Crippen LogP contribution in [-0.2, 0) is 21.2 Å². The molecule has 0 saturated carbocycles. The highest BCUT2D eigenvalue weighted by Crippen LogP contribution is 2.19. The summed E-state index contributed by atoms with van der Waals surface area (Å²) >= 11 is 0. The first-order valence-corrected chi connectivity index (χ1v) is 9.13. The maximum absolute atomic E-state index is 12.6. The Morgan fingerprint density at radius 3 is 2.31 bits per heavy atom. The summed E-state index contributed by atoms with van der Waals surface area (Å²) < 4.78 is 30.0. The van der Waals surface area contributed by atoms with Crippen LogP contribution in [-0.4, -0.2) is 61.8 Å². The van der Waals surface area contributed by atoms with Crippen LogP contribution >= 0.6 is 0 Å². The van der Waals surface area contributed by atoms with Crippen LogP contribution in [0.1, 0.15) is 15.9 Å². The van der Waals surface area contributed by atoms with Gasteiger partial charge in [-0.25, -0.2) is 17.5 Å². The van der Waals surface area contributed by atoms with Crippen LogP contribution in [0, 0.1) is 0 Å². The molecule has 1 atom stereocenters. The molecule has 2 rings (SSSR count). The first kappa shape index (κ1) is 19.7. The SMILES string of the molecule is CN(C(=O)c1coc(S(=O)(=O)N(C)C)c1)C(Cc1ccccc1)C(=O)O. The van der Waals surface area contributed by atoms with E-state index in [2.05, 4.69) is 0 Å². The molecule has 1 heterocycles. The minimum atomic E-state index is -3.82. The van der Waals surface area contributed by atoms with Crippen molar-refractivity contribution < 1.29 is 27.5 Å². The van der Waals surface area contributed by atoms with Gasteiger partial charge in [-0.05, 0) is 5.56 Å². The van der Waals surface area contributed by atoms with E-state index in [4.69, 9.17) is 4.42 Å². The number of sulfonamides is 1. The zero-order chi connectivity index (χ0) is 19.5. The molecule has 1 N–H and O–H groups in total. The summed E-state index contributed by atoms with van der Waals surface area (Å²) in [5.41, 5.74) is 0.731. The fraction of sp³-hybridized carbons (Fsp3) is 0.294. The summed E-state index contributed by atoms with van der Waals surface area (Å²) in [4.78, 5) is 25.3. The maximum Gasteiger partial charge on any atom is 0.326 e. The van der Waals surface area contributed by atoms with Crippen molar-refractivity contribution in [2.24, 2.45) is 0 Å². The number of carbonyl (C=O) groups excluding carboxylic acids is 1. The second-order valence-electron chi connectivity index (χ2n) is 5.90. The molecule has 1 amide bonds. The van der Waals surface area contributed by atoms with Crippen LogP contribution in [0.2, 0.25) is 0 Å². The zero-order valence-corrected chi connectivity index (χ0v) is 15.4. The summed E-state index contributed by atoms with van der Waals surface area (Å²) in [5, 5.41) is 9.11. The highest BCUT2D eigenvalue weighted by molar-refractivity contribution is 7.88. The summed E-state index contributed by atoms with van der Waals surface area (Å²) in [6.07, 6.45) is 1.13. The summed E-state index contributed by atoms with van der Waals surface area (Å²) in [6, 6.07) is 8.91. The molecular weight excluding hydrogens is 360 g/mol. The molecule has 26 heavy (non-hydrogen) atoms. The number of furan rings is 1. The zero-order valence-electron chi connectivity index (χ0n) is 14.6. The molecule has 8 nitrogen and oxygen atoms in total. The van der Waals surface area contributed by atoms with Crippen molar-refractivity contribution in [1.82, 2.24) is 9.21 Å². The minimum absolute atomic E-state index is 0.0350. The highest BCUT2D eigenvalue weighted by Gasteiger charge is 2.30. The van der Waals surface area contributed by atoms with Gasteiger partial charge in [0.25, 0.3) is 15.9 Å². The molecule has 140 valence electrons. The van der Waals surface area contributed by atoms with Gasteiger partial charge < -0.3 is 14.4 Å². The Labute approximate surface area is 151 Å². The topological polar surface area (TPSA) is 108 Å². The molecule has 1 aromatic carbocycles. The lowest BCUT2D eigenvalue weighted by Gasteiger charge is -2.24. The molecule has 0 spiro atoms. The molecule has 0 fully saturated rings. The van der Waals surface area contributed by atoms with Gasteiger partial charge in [0, 0.05) is 33.6 Å². The Morgan fingerprint density at radius 1 is 1.15 bits per heavy atom. The number of nitrogens with zero attached hydrogens (tertiary/aromatic N) is 2. The average molecular weight is 380 g/mol. The van der Waals surface area contributed by atoms with E-state index in [-0.39, 0.29) is 17.1 Å². The Bertz CT molecular complexity index is 889. The monoisotopic (exact) mass is 380 g/mol. The second kappa shape index (κ2) is 7.71. The van der Waals surface area contributed by atoms with Crippen molar-refractivity contribution in [3.8, 4) is 0 Å². The van der Waals surface area contributed by atoms with Crippen LogP contribution in [0.4, 0.5) is 0 Å². The van der Waals surface area contributed by atoms with Gasteiger partial charge in [0.1, 0.15) is 12.3 Å². The molecular formula is C17H20N2O6S. The predicted octanol–water partition coefficient (Wildman–Crippen LogP) is 1.30. The first-order chi connectivity index (χ1) is 12.1. The van der Waals surface area contributed by atoms with E-state index < -0.39 is 27.9 Å². The molecule has 2 aromatic rings. The van der Waals surface area contributed by atoms with Gasteiger partial charge in [-0.15, -0.1) is 0 Å². The van der Waals surface area contributed by atoms with Crippen molar-refractivity contribution in [2.75, 3.05) is 21.1 Å². The van der Waals surface area contributed by atoms with E-state index in [9.17, 15) is 23.1 Å². The maximum atomic E-state index is 12.6. The van der Waals surface area contributed by atoms with Gasteiger partial charge in [-0.2, -0.15) is 0 Å². The second-order valence-corrected chi connectivity index (χ2v) is 7.98. The van der Waals surface area contributed by atoms with Crippen LogP contribution in [0.5, 0.6) is 0 Å². The predicted molar refractivity (Wildman–Crippen MR) is 93.2 cm³/mol. The van der Waals surface area contributed by atoms with Gasteiger partial charge >= 0.3 is 5.97 Å². The smallest absolute Gasteiger partial charge is 0.326 e. The Morgan fingerprint density at radius 2 is 1.77 bits per heavy atom. The van der Waals surface area contributed by atoms with Gasteiger partial charge in [0.2, 0.25) is 5.09 Å². The van der Waals surface area contributed by atoms with Crippen molar-refractivity contribution in [2.45, 2.75) is 17.6 Å². The molecule has 0 aliphatic carbocycles. The van der Waals surface area contributed by atoms with Crippen molar-refractivity contribution in [3.63, 3.8) is 0 Å². The summed E-state index contributed by atoms with van der Waals surface area (Å²) in [6.45, 7) is 0. The number of carboxylic acid groups (broad SMARTS) is 1. The Hall–Kier alpha value is -2.65. The number of benzene rings is 1. The van der Waals surface area contributed by atoms with E-state index >= 15 is 0 Å². The molecule has 9 heteroatoms. The lowest BCUT2D eigenvalue weighted by Crippen LogP contribution is -2.43. The molecule has 0 saturated heterocycles. The number of amides is 1. The van der Waals surface area contributed by atoms with Gasteiger partial charge in [-0.3, -0.25) is 4.79 Å². The number of carboxylic acids is 1. The average Bonchev–Trinajstić information content (AvgIpc) is 3.09. The molecule has 1 aromatic heterocycles. The van der Waals surface area contributed by atoms with Crippen molar-refractivity contribution >= 4 is 21.9 Å². The number of likely N-dealkylation sites (N-methyl/N-ethyl adjacent to an activating group) is 1. The van der Waals surface area contributed by atoms with E-state index in [1.165, 1.54) is 21.1 Å². The van der Waals surface area contributed by atoms with Crippen molar-refractivity contribution in [1.29, 1.82) is 0 Å². The molecule has 0 bridgehead atoms. The highest BCUT2D eigenvalue weighted by atomic mass is 32.2. The van der Waals surface area contributed by atoms with Gasteiger partial charge in [-0.1, -0.05) is 30.3 Å². The normalized spacial score (nSPS) is 12.8. The standard InChI is InChI=1S/C17H20N2O6S/c1-18(2)26(23,24)15-10-13(11-25-15)16(20)19(3)14(17(21)22)9-12-7-5-4-6-8-12/h4-8,10-11,14H,9H2,1-3H3,(H,21,22). The van der Waals surface area contributed by atoms with E-state index in [1.807, 2.05) is 6.07 Å². The third-order valence-electron chi connectivity index (χ3n) is 3.90.